The van der Waals surface area contributed by atoms with Crippen molar-refractivity contribution < 1.29 is 0 Å². The summed E-state index contributed by atoms with van der Waals surface area (Å²) in [6.45, 7) is 1.96. The van der Waals surface area contributed by atoms with Gasteiger partial charge >= 0.3 is 0 Å². The number of pyridine rings is 1. The first-order chi connectivity index (χ1) is 15.1. The summed E-state index contributed by atoms with van der Waals surface area (Å²) in [7, 11) is 1.84. The summed E-state index contributed by atoms with van der Waals surface area (Å²) < 4.78 is 3.47. The van der Waals surface area contributed by atoms with Crippen LogP contribution in [0.1, 0.15) is 18.5 Å². The zero-order valence-corrected chi connectivity index (χ0v) is 17.3. The molecule has 0 radical (unpaired) electrons. The van der Waals surface area contributed by atoms with E-state index < -0.39 is 0 Å². The van der Waals surface area contributed by atoms with Crippen LogP contribution in [-0.2, 0) is 7.05 Å². The van der Waals surface area contributed by atoms with Gasteiger partial charge in [0.05, 0.1) is 11.6 Å². The first-order valence-electron chi connectivity index (χ1n) is 10.2. The number of para-hydroxylation sites is 1. The van der Waals surface area contributed by atoms with Gasteiger partial charge < -0.3 is 4.57 Å². The van der Waals surface area contributed by atoms with Crippen molar-refractivity contribution in [2.24, 2.45) is 7.05 Å². The molecule has 0 amide bonds. The van der Waals surface area contributed by atoms with E-state index in [-0.39, 0.29) is 22.4 Å². The van der Waals surface area contributed by atoms with Crippen LogP contribution in [0.25, 0.3) is 33.3 Å². The van der Waals surface area contributed by atoms with Gasteiger partial charge in [-0.2, -0.15) is 0 Å². The maximum absolute atomic E-state index is 13.9. The Labute approximate surface area is 178 Å². The van der Waals surface area contributed by atoms with E-state index in [1.54, 1.807) is 10.6 Å². The molecule has 0 aliphatic heterocycles. The molecule has 0 saturated heterocycles. The van der Waals surface area contributed by atoms with Gasteiger partial charge in [0, 0.05) is 18.0 Å². The number of aryl methyl sites for hydroxylation is 1. The lowest BCUT2D eigenvalue weighted by molar-refractivity contribution is 0.615. The molecule has 5 nitrogen and oxygen atoms in total. The van der Waals surface area contributed by atoms with Crippen LogP contribution in [0.5, 0.6) is 0 Å². The fourth-order valence-corrected chi connectivity index (χ4v) is 4.20. The molecular formula is C26H21N3O2. The van der Waals surface area contributed by atoms with Crippen molar-refractivity contribution >= 4 is 21.9 Å². The largest absolute Gasteiger partial charge is 0.328 e. The van der Waals surface area contributed by atoms with Crippen LogP contribution < -0.4 is 11.0 Å². The smallest absolute Gasteiger partial charge is 0.267 e. The molecule has 0 N–H and O–H groups in total. The summed E-state index contributed by atoms with van der Waals surface area (Å²) in [4.78, 5) is 32.1. The third kappa shape index (κ3) is 2.97. The van der Waals surface area contributed by atoms with Crippen molar-refractivity contribution in [2.45, 2.75) is 13.0 Å². The van der Waals surface area contributed by atoms with E-state index in [0.717, 1.165) is 16.6 Å². The Morgan fingerprint density at radius 1 is 0.806 bits per heavy atom. The van der Waals surface area contributed by atoms with E-state index in [0.29, 0.717) is 16.9 Å². The zero-order chi connectivity index (χ0) is 21.5. The van der Waals surface area contributed by atoms with Crippen molar-refractivity contribution in [2.75, 3.05) is 0 Å². The number of hydrogen-bond donors (Lipinski definition) is 0. The van der Waals surface area contributed by atoms with Gasteiger partial charge in [0.25, 0.3) is 5.56 Å². The Balaban J connectivity index is 1.96. The molecule has 0 spiro atoms. The van der Waals surface area contributed by atoms with Gasteiger partial charge in [-0.1, -0.05) is 72.8 Å². The summed E-state index contributed by atoms with van der Waals surface area (Å²) in [5, 5.41) is 0.631. The molecule has 5 aromatic rings. The minimum atomic E-state index is -0.327. The Morgan fingerprint density at radius 3 is 2.13 bits per heavy atom. The molecule has 2 aromatic heterocycles. The lowest BCUT2D eigenvalue weighted by Gasteiger charge is -2.21. The molecule has 5 heteroatoms. The number of aromatic nitrogens is 3. The highest BCUT2D eigenvalue weighted by atomic mass is 16.1. The van der Waals surface area contributed by atoms with Gasteiger partial charge in [0.2, 0.25) is 5.43 Å². The molecule has 0 aliphatic carbocycles. The maximum Gasteiger partial charge on any atom is 0.267 e. The SMILES string of the molecule is C[C@H](c1ccccc1)n1c(-c2ccccc2)nc2c(c(=O)c3ccccc3n2C)c1=O. The standard InChI is InChI=1S/C26H21N3O2/c1-17(18-11-5-3-6-12-18)29-24(19-13-7-4-8-14-19)27-25-22(26(29)31)23(30)20-15-9-10-16-21(20)28(25)2/h3-17H,1-2H3/t17-/m1/s1. The highest BCUT2D eigenvalue weighted by Gasteiger charge is 2.22. The van der Waals surface area contributed by atoms with Crippen LogP contribution in [-0.4, -0.2) is 14.1 Å². The number of hydrogen-bond acceptors (Lipinski definition) is 3. The first-order valence-corrected chi connectivity index (χ1v) is 10.2. The second kappa shape index (κ2) is 7.36. The first kappa shape index (κ1) is 19.0. The van der Waals surface area contributed by atoms with Crippen molar-refractivity contribution in [3.05, 3.63) is 111 Å². The molecule has 0 unspecified atom stereocenters. The van der Waals surface area contributed by atoms with Gasteiger partial charge in [-0.3, -0.25) is 14.2 Å². The monoisotopic (exact) mass is 407 g/mol. The number of benzene rings is 3. The van der Waals surface area contributed by atoms with E-state index in [2.05, 4.69) is 0 Å². The normalized spacial score (nSPS) is 12.3. The summed E-state index contributed by atoms with van der Waals surface area (Å²) in [6, 6.07) is 26.4. The summed E-state index contributed by atoms with van der Waals surface area (Å²) in [5.74, 6) is 0.541. The topological polar surface area (TPSA) is 56.9 Å². The molecule has 0 bridgehead atoms. The number of rotatable bonds is 3. The van der Waals surface area contributed by atoms with Crippen LogP contribution >= 0.6 is 0 Å². The van der Waals surface area contributed by atoms with Crippen LogP contribution in [0.3, 0.4) is 0 Å². The molecular weight excluding hydrogens is 386 g/mol. The second-order valence-electron chi connectivity index (χ2n) is 7.67. The second-order valence-corrected chi connectivity index (χ2v) is 7.67. The van der Waals surface area contributed by atoms with Crippen LogP contribution in [0.2, 0.25) is 0 Å². The number of nitrogens with zero attached hydrogens (tertiary/aromatic N) is 3. The third-order valence-electron chi connectivity index (χ3n) is 5.85. The van der Waals surface area contributed by atoms with E-state index in [4.69, 9.17) is 4.98 Å². The minimum absolute atomic E-state index is 0.115. The lowest BCUT2D eigenvalue weighted by atomic mass is 10.1. The van der Waals surface area contributed by atoms with Gasteiger partial charge in [-0.15, -0.1) is 0 Å². The van der Waals surface area contributed by atoms with Crippen molar-refractivity contribution in [1.29, 1.82) is 0 Å². The summed E-state index contributed by atoms with van der Waals surface area (Å²) in [6.07, 6.45) is 0. The molecule has 152 valence electrons. The van der Waals surface area contributed by atoms with Crippen molar-refractivity contribution in [3.63, 3.8) is 0 Å². The molecule has 2 heterocycles. The van der Waals surface area contributed by atoms with Gasteiger partial charge in [0.1, 0.15) is 11.2 Å². The van der Waals surface area contributed by atoms with Gasteiger partial charge in [0.15, 0.2) is 5.65 Å². The average Bonchev–Trinajstić information content (AvgIpc) is 2.82. The summed E-state index contributed by atoms with van der Waals surface area (Å²) >= 11 is 0. The van der Waals surface area contributed by atoms with Crippen LogP contribution in [0, 0.1) is 0 Å². The van der Waals surface area contributed by atoms with Gasteiger partial charge in [-0.05, 0) is 24.6 Å². The lowest BCUT2D eigenvalue weighted by Crippen LogP contribution is -2.31. The van der Waals surface area contributed by atoms with Crippen LogP contribution in [0.4, 0.5) is 0 Å². The zero-order valence-electron chi connectivity index (χ0n) is 17.3. The highest BCUT2D eigenvalue weighted by molar-refractivity contribution is 5.92. The van der Waals surface area contributed by atoms with E-state index in [1.165, 1.54) is 0 Å². The Bertz CT molecular complexity index is 1530. The maximum atomic E-state index is 13.9. The van der Waals surface area contributed by atoms with Crippen LogP contribution in [0.15, 0.2) is 94.5 Å². The quantitative estimate of drug-likeness (QED) is 0.413. The molecule has 31 heavy (non-hydrogen) atoms. The highest BCUT2D eigenvalue weighted by Crippen LogP contribution is 2.25. The Morgan fingerprint density at radius 2 is 1.42 bits per heavy atom. The summed E-state index contributed by atoms with van der Waals surface area (Å²) in [5.41, 5.74) is 2.33. The van der Waals surface area contributed by atoms with Crippen molar-refractivity contribution in [3.8, 4) is 11.4 Å². The third-order valence-corrected chi connectivity index (χ3v) is 5.85. The molecule has 0 aliphatic rings. The Kier molecular flexibility index (Phi) is 4.51. The van der Waals surface area contributed by atoms with Gasteiger partial charge in [-0.25, -0.2) is 4.98 Å². The minimum Gasteiger partial charge on any atom is -0.328 e. The van der Waals surface area contributed by atoms with E-state index >= 15 is 0 Å². The predicted octanol–water partition coefficient (Wildman–Crippen LogP) is 4.52. The molecule has 3 aromatic carbocycles. The fraction of sp³-hybridized carbons (Fsp3) is 0.115. The van der Waals surface area contributed by atoms with E-state index in [1.807, 2.05) is 97.4 Å². The fourth-order valence-electron chi connectivity index (χ4n) is 4.20. The molecule has 1 atom stereocenters. The number of fused-ring (bicyclic) bond motifs is 2. The molecule has 0 saturated carbocycles. The van der Waals surface area contributed by atoms with E-state index in [9.17, 15) is 9.59 Å². The molecule has 5 rings (SSSR count). The Hall–Kier alpha value is -3.99. The predicted molar refractivity (Wildman–Crippen MR) is 124 cm³/mol. The average molecular weight is 407 g/mol. The molecule has 0 fully saturated rings. The van der Waals surface area contributed by atoms with Crippen molar-refractivity contribution in [1.82, 2.24) is 14.1 Å².